The van der Waals surface area contributed by atoms with Crippen molar-refractivity contribution in [3.05, 3.63) is 95.6 Å². The van der Waals surface area contributed by atoms with E-state index >= 15 is 0 Å². The zero-order valence-corrected chi connectivity index (χ0v) is 15.4. The minimum atomic E-state index is -6.00. The van der Waals surface area contributed by atoms with Crippen LogP contribution in [0.25, 0.3) is 5.57 Å². The maximum atomic E-state index is 9.75. The lowest BCUT2D eigenvalue weighted by Gasteiger charge is -2.13. The van der Waals surface area contributed by atoms with E-state index in [9.17, 15) is 17.3 Å². The number of hydrogen-bond acceptors (Lipinski definition) is 1. The number of ketones is 1. The summed E-state index contributed by atoms with van der Waals surface area (Å²) in [6, 6.07) is 18.6. The Hall–Kier alpha value is -3.09. The van der Waals surface area contributed by atoms with E-state index < -0.39 is 7.25 Å². The molecule has 0 unspecified atom stereocenters. The minimum Gasteiger partial charge on any atom is -0.497 e. The third kappa shape index (κ3) is 6.57. The van der Waals surface area contributed by atoms with Gasteiger partial charge in [0.25, 0.3) is 7.11 Å². The molecule has 0 saturated heterocycles. The molecule has 0 aromatic heterocycles. The second-order valence-corrected chi connectivity index (χ2v) is 5.69. The van der Waals surface area contributed by atoms with Gasteiger partial charge in [0, 0.05) is 12.2 Å². The van der Waals surface area contributed by atoms with Gasteiger partial charge in [0.05, 0.1) is 7.11 Å². The first kappa shape index (κ1) is 21.2. The minimum absolute atomic E-state index is 0.857. The normalized spacial score (nSPS) is 12.9. The van der Waals surface area contributed by atoms with E-state index in [0.29, 0.717) is 0 Å². The van der Waals surface area contributed by atoms with Crippen LogP contribution in [0.4, 0.5) is 17.3 Å². The summed E-state index contributed by atoms with van der Waals surface area (Å²) in [6.45, 7) is 0. The molecule has 0 fully saturated rings. The number of hydrogen-bond donors (Lipinski definition) is 0. The van der Waals surface area contributed by atoms with Crippen LogP contribution >= 0.6 is 0 Å². The van der Waals surface area contributed by atoms with Gasteiger partial charge in [0.15, 0.2) is 0 Å². The highest BCUT2D eigenvalue weighted by Crippen LogP contribution is 2.30. The van der Waals surface area contributed by atoms with Crippen LogP contribution < -0.4 is 4.74 Å². The highest BCUT2D eigenvalue weighted by Gasteiger charge is 2.20. The molecule has 0 spiro atoms. The van der Waals surface area contributed by atoms with Crippen LogP contribution in [0.2, 0.25) is 0 Å². The summed E-state index contributed by atoms with van der Waals surface area (Å²) in [5, 5.41) is 0. The SMILES string of the molecule is COc1ccc(C(=C2C=CC(=[O+]C)C=C2)c2ccccc2)cc1.F[B-](F)(F)F. The fourth-order valence-electron chi connectivity index (χ4n) is 2.62. The molecule has 0 radical (unpaired) electrons. The van der Waals surface area contributed by atoms with E-state index in [0.717, 1.165) is 22.7 Å². The number of rotatable bonds is 3. The lowest BCUT2D eigenvalue weighted by Crippen LogP contribution is -2.02. The number of allylic oxidation sites excluding steroid dienone is 5. The molecule has 0 bridgehead atoms. The van der Waals surface area contributed by atoms with Crippen molar-refractivity contribution in [2.45, 2.75) is 0 Å². The Morgan fingerprint density at radius 2 is 1.29 bits per heavy atom. The quantitative estimate of drug-likeness (QED) is 0.377. The summed E-state index contributed by atoms with van der Waals surface area (Å²) in [6.07, 6.45) is 8.15. The third-order valence-corrected chi connectivity index (χ3v) is 3.82. The van der Waals surface area contributed by atoms with E-state index in [1.165, 1.54) is 11.1 Å². The largest absolute Gasteiger partial charge is 0.673 e. The van der Waals surface area contributed by atoms with Crippen molar-refractivity contribution in [2.24, 2.45) is 0 Å². The van der Waals surface area contributed by atoms with Crippen LogP contribution in [0.3, 0.4) is 0 Å². The second kappa shape index (κ2) is 9.74. The van der Waals surface area contributed by atoms with E-state index in [4.69, 9.17) is 9.16 Å². The Morgan fingerprint density at radius 1 is 0.786 bits per heavy atom. The molecule has 0 saturated carbocycles. The molecule has 0 heterocycles. The Morgan fingerprint density at radius 3 is 1.75 bits per heavy atom. The van der Waals surface area contributed by atoms with Crippen LogP contribution in [0.1, 0.15) is 11.1 Å². The Balaban J connectivity index is 0.000000500. The Labute approximate surface area is 161 Å². The fraction of sp³-hybridized carbons (Fsp3) is 0.0952. The first-order valence-corrected chi connectivity index (χ1v) is 8.40. The molecule has 1 aliphatic rings. The maximum Gasteiger partial charge on any atom is 0.673 e. The van der Waals surface area contributed by atoms with Crippen LogP contribution in [-0.4, -0.2) is 27.3 Å². The Kier molecular flexibility index (Phi) is 7.38. The van der Waals surface area contributed by atoms with Gasteiger partial charge in [0.2, 0.25) is 0 Å². The summed E-state index contributed by atoms with van der Waals surface area (Å²) in [5.74, 6) is 1.71. The standard InChI is InChI=1S/C21H19O2.BF4/c1-22-19-12-8-17(9-13-19)21(16-6-4-3-5-7-16)18-10-14-20(23-2)15-11-18;2-1(3,4)5/h3-15H,1-2H3;/q+1;-1. The van der Waals surface area contributed by atoms with E-state index in [-0.39, 0.29) is 0 Å². The van der Waals surface area contributed by atoms with Crippen molar-refractivity contribution < 1.29 is 26.4 Å². The summed E-state index contributed by atoms with van der Waals surface area (Å²) < 4.78 is 49.5. The van der Waals surface area contributed by atoms with Gasteiger partial charge in [-0.2, -0.15) is 0 Å². The predicted octanol–water partition coefficient (Wildman–Crippen LogP) is 5.66. The lowest BCUT2D eigenvalue weighted by atomic mass is 9.91. The molecule has 0 N–H and O–H groups in total. The van der Waals surface area contributed by atoms with E-state index in [2.05, 4.69) is 48.6 Å². The van der Waals surface area contributed by atoms with Crippen LogP contribution in [0, 0.1) is 0 Å². The molecular formula is C21H19BF4O2. The van der Waals surface area contributed by atoms with Gasteiger partial charge in [-0.3, -0.25) is 4.42 Å². The number of benzene rings is 2. The zero-order chi connectivity index (χ0) is 20.6. The average molecular weight is 390 g/mol. The van der Waals surface area contributed by atoms with Gasteiger partial charge in [0.1, 0.15) is 5.75 Å². The highest BCUT2D eigenvalue weighted by atomic mass is 19.5. The first-order chi connectivity index (χ1) is 13.3. The third-order valence-electron chi connectivity index (χ3n) is 3.82. The van der Waals surface area contributed by atoms with Crippen molar-refractivity contribution in [1.29, 1.82) is 0 Å². The molecule has 2 aromatic rings. The maximum absolute atomic E-state index is 9.75. The average Bonchev–Trinajstić information content (AvgIpc) is 2.69. The van der Waals surface area contributed by atoms with Crippen LogP contribution in [-0.2, 0) is 4.42 Å². The monoisotopic (exact) mass is 390 g/mol. The van der Waals surface area contributed by atoms with Gasteiger partial charge in [-0.15, -0.1) is 0 Å². The summed E-state index contributed by atoms with van der Waals surface area (Å²) in [4.78, 5) is 0. The molecule has 7 heteroatoms. The van der Waals surface area contributed by atoms with Crippen molar-refractivity contribution in [3.63, 3.8) is 0 Å². The Bertz CT molecular complexity index is 872. The lowest BCUT2D eigenvalue weighted by molar-refractivity contribution is -0.417. The molecule has 1 aliphatic carbocycles. The molecule has 0 atom stereocenters. The summed E-state index contributed by atoms with van der Waals surface area (Å²) >= 11 is 0. The van der Waals surface area contributed by atoms with Gasteiger partial charge >= 0.3 is 13.0 Å². The summed E-state index contributed by atoms with van der Waals surface area (Å²) in [7, 11) is -2.64. The van der Waals surface area contributed by atoms with E-state index in [1.54, 1.807) is 14.2 Å². The molecule has 2 aromatic carbocycles. The molecule has 0 amide bonds. The summed E-state index contributed by atoms with van der Waals surface area (Å²) in [5.41, 5.74) is 4.68. The molecule has 0 aliphatic heterocycles. The van der Waals surface area contributed by atoms with Gasteiger partial charge < -0.3 is 22.0 Å². The van der Waals surface area contributed by atoms with Crippen LogP contribution in [0.5, 0.6) is 5.75 Å². The van der Waals surface area contributed by atoms with Crippen molar-refractivity contribution in [1.82, 2.24) is 0 Å². The van der Waals surface area contributed by atoms with Crippen molar-refractivity contribution in [2.75, 3.05) is 14.2 Å². The van der Waals surface area contributed by atoms with Crippen molar-refractivity contribution in [3.8, 4) is 5.75 Å². The predicted molar refractivity (Wildman–Crippen MR) is 105 cm³/mol. The number of ether oxygens (including phenoxy) is 1. The van der Waals surface area contributed by atoms with Crippen LogP contribution in [0.15, 0.2) is 84.5 Å². The highest BCUT2D eigenvalue weighted by molar-refractivity contribution is 6.50. The van der Waals surface area contributed by atoms with Gasteiger partial charge in [-0.05, 0) is 46.6 Å². The molecule has 28 heavy (non-hydrogen) atoms. The smallest absolute Gasteiger partial charge is 0.497 e. The van der Waals surface area contributed by atoms with Crippen molar-refractivity contribution >= 4 is 18.6 Å². The molecule has 2 nitrogen and oxygen atoms in total. The fourth-order valence-corrected chi connectivity index (χ4v) is 2.62. The van der Waals surface area contributed by atoms with Gasteiger partial charge in [-0.1, -0.05) is 42.5 Å². The van der Waals surface area contributed by atoms with E-state index in [1.807, 2.05) is 30.4 Å². The number of carbonyl (C=O) groups excluding carboxylic acids is 1. The number of methoxy groups -OCH3 is 1. The second-order valence-electron chi connectivity index (χ2n) is 5.69. The topological polar surface area (TPSA) is 20.5 Å². The molecular weight excluding hydrogens is 371 g/mol. The molecule has 146 valence electrons. The zero-order valence-electron chi connectivity index (χ0n) is 15.4. The first-order valence-electron chi connectivity index (χ1n) is 8.40. The molecule has 3 rings (SSSR count). The van der Waals surface area contributed by atoms with Gasteiger partial charge in [-0.25, -0.2) is 0 Å². The number of halogens is 4.